The Morgan fingerprint density at radius 1 is 1.27 bits per heavy atom. The Morgan fingerprint density at radius 2 is 2.09 bits per heavy atom. The average Bonchev–Trinajstić information content (AvgIpc) is 3.62. The van der Waals surface area contributed by atoms with E-state index in [1.165, 1.54) is 29.0 Å². The molecule has 1 saturated heterocycles. The Morgan fingerprint density at radius 3 is 2.91 bits per heavy atom. The Balaban J connectivity index is 1.15. The molecule has 3 amide bonds. The molecule has 1 atom stereocenters. The summed E-state index contributed by atoms with van der Waals surface area (Å²) in [6.07, 6.45) is 12.5. The van der Waals surface area contributed by atoms with E-state index in [9.17, 15) is 18.8 Å². The van der Waals surface area contributed by atoms with Crippen molar-refractivity contribution in [3.8, 4) is 0 Å². The van der Waals surface area contributed by atoms with Crippen molar-refractivity contribution in [3.63, 3.8) is 0 Å². The van der Waals surface area contributed by atoms with Crippen molar-refractivity contribution in [2.45, 2.75) is 32.4 Å². The quantitative estimate of drug-likeness (QED) is 0.315. The molecule has 1 aliphatic heterocycles. The van der Waals surface area contributed by atoms with Crippen LogP contribution in [0.15, 0.2) is 90.1 Å². The van der Waals surface area contributed by atoms with Crippen molar-refractivity contribution in [3.05, 3.63) is 119 Å². The molecule has 0 radical (unpaired) electrons. The van der Waals surface area contributed by atoms with E-state index in [0.717, 1.165) is 16.8 Å². The molecule has 3 N–H and O–H groups in total. The van der Waals surface area contributed by atoms with Crippen LogP contribution in [0, 0.1) is 5.82 Å². The van der Waals surface area contributed by atoms with E-state index >= 15 is 0 Å². The zero-order valence-electron chi connectivity index (χ0n) is 24.7. The number of amides is 3. The number of aromatic amines is 1. The smallest absolute Gasteiger partial charge is 0.291 e. The number of fused-ring (bicyclic) bond motifs is 1. The molecule has 1 aromatic carbocycles. The first-order valence-electron chi connectivity index (χ1n) is 14.1. The lowest BCUT2D eigenvalue weighted by Gasteiger charge is -2.19. The van der Waals surface area contributed by atoms with Crippen LogP contribution in [0.2, 0.25) is 0 Å². The minimum Gasteiger partial charge on any atom is -0.489 e. The van der Waals surface area contributed by atoms with Gasteiger partial charge in [0.25, 0.3) is 11.8 Å². The van der Waals surface area contributed by atoms with Gasteiger partial charge in [0.1, 0.15) is 30.6 Å². The molecule has 2 aliphatic rings. The van der Waals surface area contributed by atoms with E-state index in [0.29, 0.717) is 29.1 Å². The number of nitrogens with one attached hydrogen (secondary N) is 3. The number of ether oxygens (including phenoxy) is 1. The summed E-state index contributed by atoms with van der Waals surface area (Å²) in [6, 6.07) is 5.21. The third-order valence-electron chi connectivity index (χ3n) is 7.09. The van der Waals surface area contributed by atoms with Crippen molar-refractivity contribution in [2.75, 3.05) is 13.7 Å². The number of halogens is 1. The van der Waals surface area contributed by atoms with Crippen molar-refractivity contribution in [1.82, 2.24) is 40.5 Å². The van der Waals surface area contributed by atoms with Crippen LogP contribution in [-0.4, -0.2) is 67.3 Å². The summed E-state index contributed by atoms with van der Waals surface area (Å²) in [5.74, 6) is -1.49. The maximum absolute atomic E-state index is 14.0. The van der Waals surface area contributed by atoms with Crippen LogP contribution in [0.3, 0.4) is 0 Å². The average molecular weight is 611 g/mol. The second-order valence-electron chi connectivity index (χ2n) is 10.4. The van der Waals surface area contributed by atoms with Crippen LogP contribution < -0.4 is 10.6 Å². The minimum atomic E-state index is -1.03. The second kappa shape index (κ2) is 13.7. The number of rotatable bonds is 9. The fourth-order valence-electron chi connectivity index (χ4n) is 4.47. The van der Waals surface area contributed by atoms with E-state index in [4.69, 9.17) is 4.74 Å². The highest BCUT2D eigenvalue weighted by molar-refractivity contribution is 5.95. The summed E-state index contributed by atoms with van der Waals surface area (Å²) in [4.78, 5) is 43.8. The first-order chi connectivity index (χ1) is 21.7. The summed E-state index contributed by atoms with van der Waals surface area (Å²) in [5.41, 5.74) is 6.88. The van der Waals surface area contributed by atoms with Gasteiger partial charge < -0.3 is 20.3 Å². The van der Waals surface area contributed by atoms with E-state index in [-0.39, 0.29) is 31.3 Å². The third kappa shape index (κ3) is 7.59. The lowest BCUT2D eigenvalue weighted by atomic mass is 10.1. The SMILES string of the molecule is C=C1/C(=C\C=C(/C)CCC(=O)NC2=Cc3[nH]ncc3C=C=C2)OCC(NC(=O)c2ncn(Cc3ccccc3F)n2)C(=O)N1C. The van der Waals surface area contributed by atoms with Gasteiger partial charge in [-0.15, -0.1) is 10.8 Å². The van der Waals surface area contributed by atoms with Gasteiger partial charge in [0.15, 0.2) is 0 Å². The van der Waals surface area contributed by atoms with E-state index in [1.54, 1.807) is 54.8 Å². The largest absolute Gasteiger partial charge is 0.489 e. The Bertz CT molecular complexity index is 1810. The number of allylic oxidation sites excluding steroid dienone is 4. The molecule has 13 heteroatoms. The lowest BCUT2D eigenvalue weighted by molar-refractivity contribution is -0.130. The topological polar surface area (TPSA) is 147 Å². The predicted octanol–water partition coefficient (Wildman–Crippen LogP) is 3.24. The Kier molecular flexibility index (Phi) is 9.30. The number of likely N-dealkylation sites (N-methyl/N-ethyl adjacent to an activating group) is 1. The monoisotopic (exact) mass is 610 g/mol. The van der Waals surface area contributed by atoms with Gasteiger partial charge in [0, 0.05) is 30.7 Å². The van der Waals surface area contributed by atoms with E-state index in [2.05, 4.69) is 43.2 Å². The summed E-state index contributed by atoms with van der Waals surface area (Å²) < 4.78 is 21.2. The van der Waals surface area contributed by atoms with Crippen LogP contribution >= 0.6 is 0 Å². The molecule has 45 heavy (non-hydrogen) atoms. The molecular weight excluding hydrogens is 579 g/mol. The Labute approximate surface area is 258 Å². The number of carbonyl (C=O) groups is 3. The maximum atomic E-state index is 14.0. The molecule has 12 nitrogen and oxygen atoms in total. The van der Waals surface area contributed by atoms with Gasteiger partial charge in [-0.25, -0.2) is 14.1 Å². The summed E-state index contributed by atoms with van der Waals surface area (Å²) in [5, 5.41) is 16.5. The summed E-state index contributed by atoms with van der Waals surface area (Å²) in [6.45, 7) is 5.78. The van der Waals surface area contributed by atoms with Gasteiger partial charge in [-0.05, 0) is 37.6 Å². The first kappa shape index (κ1) is 30.6. The fourth-order valence-corrected chi connectivity index (χ4v) is 4.47. The second-order valence-corrected chi connectivity index (χ2v) is 10.4. The van der Waals surface area contributed by atoms with Gasteiger partial charge in [-0.2, -0.15) is 5.10 Å². The van der Waals surface area contributed by atoms with Crippen LogP contribution in [0.25, 0.3) is 12.2 Å². The number of hydrogen-bond donors (Lipinski definition) is 3. The molecule has 230 valence electrons. The van der Waals surface area contributed by atoms with Crippen molar-refractivity contribution in [2.24, 2.45) is 0 Å². The zero-order chi connectivity index (χ0) is 31.9. The lowest BCUT2D eigenvalue weighted by Crippen LogP contribution is -2.48. The highest BCUT2D eigenvalue weighted by Gasteiger charge is 2.32. The third-order valence-corrected chi connectivity index (χ3v) is 7.09. The van der Waals surface area contributed by atoms with Crippen molar-refractivity contribution >= 4 is 29.9 Å². The van der Waals surface area contributed by atoms with Crippen LogP contribution in [0.4, 0.5) is 4.39 Å². The molecule has 5 rings (SSSR count). The normalized spacial score (nSPS) is 17.4. The van der Waals surface area contributed by atoms with Gasteiger partial charge in [-0.1, -0.05) is 36.4 Å². The molecule has 0 spiro atoms. The van der Waals surface area contributed by atoms with Gasteiger partial charge in [0.05, 0.1) is 29.8 Å². The van der Waals surface area contributed by atoms with Gasteiger partial charge >= 0.3 is 0 Å². The number of benzene rings is 1. The number of carbonyl (C=O) groups excluding carboxylic acids is 3. The number of nitrogens with zero attached hydrogens (tertiary/aromatic N) is 5. The van der Waals surface area contributed by atoms with Crippen LogP contribution in [0.1, 0.15) is 47.2 Å². The minimum absolute atomic E-state index is 0.0898. The highest BCUT2D eigenvalue weighted by atomic mass is 19.1. The highest BCUT2D eigenvalue weighted by Crippen LogP contribution is 2.21. The molecule has 0 saturated carbocycles. The number of hydrogen-bond acceptors (Lipinski definition) is 7. The zero-order valence-corrected chi connectivity index (χ0v) is 24.7. The molecule has 3 aromatic rings. The van der Waals surface area contributed by atoms with Crippen LogP contribution in [0.5, 0.6) is 0 Å². The fraction of sp³-hybridized carbons (Fsp3) is 0.219. The molecule has 1 aliphatic carbocycles. The summed E-state index contributed by atoms with van der Waals surface area (Å²) in [7, 11) is 1.53. The molecule has 1 fully saturated rings. The first-order valence-corrected chi connectivity index (χ1v) is 14.1. The van der Waals surface area contributed by atoms with E-state index < -0.39 is 23.7 Å². The molecule has 1 unspecified atom stereocenters. The standard InChI is InChI=1S/C32H31FN8O4/c1-20(12-14-29(42)36-24-9-6-8-22-16-35-38-26(22)15-24)11-13-28-21(2)40(3)32(44)27(18-45-28)37-31(43)30-34-19-41(39-30)17-23-7-4-5-10-25(23)33/h4-5,7-11,13,15-16,19,27H,2,12,14,17-18H2,1,3H3,(H,35,38)(H,36,42)(H,37,43)/b20-11+,28-13+. The van der Waals surface area contributed by atoms with Crippen molar-refractivity contribution < 1.29 is 23.5 Å². The maximum Gasteiger partial charge on any atom is 0.291 e. The Hall–Kier alpha value is -5.81. The van der Waals surface area contributed by atoms with Crippen LogP contribution in [-0.2, 0) is 20.9 Å². The molecule has 2 aromatic heterocycles. The number of aromatic nitrogens is 5. The van der Waals surface area contributed by atoms with Gasteiger partial charge in [0.2, 0.25) is 11.7 Å². The molecule has 0 bridgehead atoms. The molecular formula is C32H31FN8O4. The predicted molar refractivity (Wildman–Crippen MR) is 163 cm³/mol. The molecule has 3 heterocycles. The van der Waals surface area contributed by atoms with E-state index in [1.807, 2.05) is 6.92 Å². The van der Waals surface area contributed by atoms with Crippen molar-refractivity contribution in [1.29, 1.82) is 0 Å². The summed E-state index contributed by atoms with van der Waals surface area (Å²) >= 11 is 0. The van der Waals surface area contributed by atoms with Gasteiger partial charge in [-0.3, -0.25) is 19.5 Å². The number of H-pyrrole nitrogens is 1.